The number of hydrogen-bond acceptors (Lipinski definition) is 3. The Morgan fingerprint density at radius 2 is 2.20 bits per heavy atom. The molecule has 0 unspecified atom stereocenters. The van der Waals surface area contributed by atoms with Crippen LogP contribution in [0.15, 0.2) is 12.7 Å². The third kappa shape index (κ3) is 5.78. The molecule has 0 amide bonds. The molecule has 0 saturated heterocycles. The minimum Gasteiger partial charge on any atom is -0.267 e. The zero-order valence-corrected chi connectivity index (χ0v) is 7.02. The van der Waals surface area contributed by atoms with E-state index < -0.39 is 10.1 Å². The predicted molar refractivity (Wildman–Crippen MR) is 40.2 cm³/mol. The van der Waals surface area contributed by atoms with Gasteiger partial charge in [0.15, 0.2) is 0 Å². The molecular formula is C6H12O3S. The normalized spacial score (nSPS) is 14.6. The van der Waals surface area contributed by atoms with Crippen molar-refractivity contribution in [2.75, 3.05) is 6.26 Å². The van der Waals surface area contributed by atoms with Crippen molar-refractivity contribution in [2.45, 2.75) is 19.4 Å². The lowest BCUT2D eigenvalue weighted by Crippen LogP contribution is -2.12. The molecule has 0 aromatic rings. The Morgan fingerprint density at radius 3 is 2.50 bits per heavy atom. The molecule has 0 aliphatic rings. The van der Waals surface area contributed by atoms with Crippen LogP contribution >= 0.6 is 0 Å². The molecule has 0 bridgehead atoms. The smallest absolute Gasteiger partial charge is 0.264 e. The molecule has 0 aliphatic carbocycles. The quantitative estimate of drug-likeness (QED) is 0.458. The zero-order chi connectivity index (χ0) is 8.20. The molecule has 0 aliphatic heterocycles. The van der Waals surface area contributed by atoms with Crippen LogP contribution in [0.5, 0.6) is 0 Å². The summed E-state index contributed by atoms with van der Waals surface area (Å²) in [6.45, 7) is 5.14. The highest BCUT2D eigenvalue weighted by atomic mass is 32.2. The summed E-state index contributed by atoms with van der Waals surface area (Å²) in [5.74, 6) is 0. The van der Waals surface area contributed by atoms with Gasteiger partial charge in [-0.25, -0.2) is 0 Å². The van der Waals surface area contributed by atoms with Crippen LogP contribution < -0.4 is 0 Å². The summed E-state index contributed by atoms with van der Waals surface area (Å²) >= 11 is 0. The summed E-state index contributed by atoms with van der Waals surface area (Å²) in [4.78, 5) is 0. The minimum absolute atomic E-state index is 0.299. The number of rotatable bonds is 4. The third-order valence-corrected chi connectivity index (χ3v) is 1.52. The summed E-state index contributed by atoms with van der Waals surface area (Å²) in [5.41, 5.74) is 0. The summed E-state index contributed by atoms with van der Waals surface area (Å²) in [5, 5.41) is 0. The van der Waals surface area contributed by atoms with E-state index in [0.29, 0.717) is 6.42 Å². The van der Waals surface area contributed by atoms with Crippen LogP contribution in [0.2, 0.25) is 0 Å². The first-order valence-electron chi connectivity index (χ1n) is 2.95. The lowest BCUT2D eigenvalue weighted by molar-refractivity contribution is 0.235. The van der Waals surface area contributed by atoms with Crippen LogP contribution in [-0.2, 0) is 14.3 Å². The molecule has 0 aromatic heterocycles. The fourth-order valence-electron chi connectivity index (χ4n) is 0.572. The highest BCUT2D eigenvalue weighted by Crippen LogP contribution is 2.01. The van der Waals surface area contributed by atoms with Crippen LogP contribution in [-0.4, -0.2) is 20.8 Å². The van der Waals surface area contributed by atoms with Gasteiger partial charge in [-0.1, -0.05) is 6.08 Å². The highest BCUT2D eigenvalue weighted by Gasteiger charge is 2.07. The lowest BCUT2D eigenvalue weighted by Gasteiger charge is -2.06. The third-order valence-electron chi connectivity index (χ3n) is 0.838. The summed E-state index contributed by atoms with van der Waals surface area (Å²) in [6.07, 6.45) is 2.91. The Kier molecular flexibility index (Phi) is 3.60. The van der Waals surface area contributed by atoms with E-state index in [9.17, 15) is 8.42 Å². The second-order valence-corrected chi connectivity index (χ2v) is 3.74. The van der Waals surface area contributed by atoms with E-state index >= 15 is 0 Å². The van der Waals surface area contributed by atoms with Gasteiger partial charge in [0.05, 0.1) is 12.4 Å². The van der Waals surface area contributed by atoms with E-state index in [-0.39, 0.29) is 6.10 Å². The van der Waals surface area contributed by atoms with E-state index in [0.717, 1.165) is 6.26 Å². The molecule has 0 N–H and O–H groups in total. The van der Waals surface area contributed by atoms with Crippen molar-refractivity contribution in [2.24, 2.45) is 0 Å². The van der Waals surface area contributed by atoms with Crippen LogP contribution in [0.25, 0.3) is 0 Å². The van der Waals surface area contributed by atoms with Gasteiger partial charge in [-0.05, 0) is 13.3 Å². The molecular weight excluding hydrogens is 152 g/mol. The van der Waals surface area contributed by atoms with Crippen molar-refractivity contribution in [3.05, 3.63) is 12.7 Å². The van der Waals surface area contributed by atoms with Crippen LogP contribution in [0.3, 0.4) is 0 Å². The summed E-state index contributed by atoms with van der Waals surface area (Å²) in [6, 6.07) is 0. The average molecular weight is 164 g/mol. The Labute approximate surface area is 61.8 Å². The second-order valence-electron chi connectivity index (χ2n) is 2.14. The van der Waals surface area contributed by atoms with Crippen LogP contribution in [0.4, 0.5) is 0 Å². The first-order chi connectivity index (χ1) is 4.45. The van der Waals surface area contributed by atoms with E-state index in [2.05, 4.69) is 10.8 Å². The Bertz CT molecular complexity index is 193. The van der Waals surface area contributed by atoms with Crippen molar-refractivity contribution in [1.82, 2.24) is 0 Å². The molecule has 3 nitrogen and oxygen atoms in total. The van der Waals surface area contributed by atoms with Gasteiger partial charge in [-0.15, -0.1) is 6.58 Å². The molecule has 0 saturated carbocycles. The maximum atomic E-state index is 10.5. The Hall–Kier alpha value is -0.350. The molecule has 0 aromatic carbocycles. The van der Waals surface area contributed by atoms with Crippen LogP contribution in [0.1, 0.15) is 13.3 Å². The fraction of sp³-hybridized carbons (Fsp3) is 0.667. The zero-order valence-electron chi connectivity index (χ0n) is 6.20. The van der Waals surface area contributed by atoms with Crippen molar-refractivity contribution in [3.8, 4) is 0 Å². The molecule has 0 radical (unpaired) electrons. The molecule has 10 heavy (non-hydrogen) atoms. The SMILES string of the molecule is C=CC[C@@H](C)OS(C)(=O)=O. The second kappa shape index (κ2) is 3.73. The van der Waals surface area contributed by atoms with Gasteiger partial charge in [-0.3, -0.25) is 4.18 Å². The van der Waals surface area contributed by atoms with E-state index in [1.165, 1.54) is 0 Å². The monoisotopic (exact) mass is 164 g/mol. The largest absolute Gasteiger partial charge is 0.267 e. The molecule has 0 spiro atoms. The highest BCUT2D eigenvalue weighted by molar-refractivity contribution is 7.86. The van der Waals surface area contributed by atoms with Crippen molar-refractivity contribution in [1.29, 1.82) is 0 Å². The Balaban J connectivity index is 3.80. The van der Waals surface area contributed by atoms with Gasteiger partial charge in [0.1, 0.15) is 0 Å². The minimum atomic E-state index is -3.29. The maximum Gasteiger partial charge on any atom is 0.264 e. The summed E-state index contributed by atoms with van der Waals surface area (Å²) < 4.78 is 25.5. The molecule has 4 heteroatoms. The van der Waals surface area contributed by atoms with Crippen molar-refractivity contribution in [3.63, 3.8) is 0 Å². The Morgan fingerprint density at radius 1 is 1.70 bits per heavy atom. The first-order valence-corrected chi connectivity index (χ1v) is 4.76. The standard InChI is InChI=1S/C6H12O3S/c1-4-5-6(2)9-10(3,7)8/h4,6H,1,5H2,2-3H3/t6-/m1/s1. The van der Waals surface area contributed by atoms with Gasteiger partial charge >= 0.3 is 0 Å². The number of hydrogen-bond donors (Lipinski definition) is 0. The van der Waals surface area contributed by atoms with Crippen molar-refractivity contribution >= 4 is 10.1 Å². The molecule has 0 rings (SSSR count). The topological polar surface area (TPSA) is 43.4 Å². The fourth-order valence-corrected chi connectivity index (χ4v) is 1.25. The van der Waals surface area contributed by atoms with Gasteiger partial charge in [0, 0.05) is 0 Å². The molecule has 60 valence electrons. The maximum absolute atomic E-state index is 10.5. The van der Waals surface area contributed by atoms with Crippen molar-refractivity contribution < 1.29 is 12.6 Å². The average Bonchev–Trinajstić information content (AvgIpc) is 1.59. The lowest BCUT2D eigenvalue weighted by atomic mass is 10.3. The molecule has 0 fully saturated rings. The van der Waals surface area contributed by atoms with E-state index in [4.69, 9.17) is 0 Å². The molecule has 0 heterocycles. The van der Waals surface area contributed by atoms with Crippen LogP contribution in [0, 0.1) is 0 Å². The first kappa shape index (κ1) is 9.65. The molecule has 1 atom stereocenters. The van der Waals surface area contributed by atoms with Gasteiger partial charge in [0.2, 0.25) is 0 Å². The summed E-state index contributed by atoms with van der Waals surface area (Å²) in [7, 11) is -3.29. The predicted octanol–water partition coefficient (Wildman–Crippen LogP) is 0.927. The van der Waals surface area contributed by atoms with Gasteiger partial charge < -0.3 is 0 Å². The van der Waals surface area contributed by atoms with E-state index in [1.807, 2.05) is 0 Å². The van der Waals surface area contributed by atoms with Gasteiger partial charge in [0.25, 0.3) is 10.1 Å². The van der Waals surface area contributed by atoms with Gasteiger partial charge in [-0.2, -0.15) is 8.42 Å². The van der Waals surface area contributed by atoms with E-state index in [1.54, 1.807) is 13.0 Å².